The SMILES string of the molecule is CCCCC[C@](C)(O)CN=[N+]=[N-]. The van der Waals surface area contributed by atoms with E-state index in [1.54, 1.807) is 6.92 Å². The minimum absolute atomic E-state index is 0.174. The van der Waals surface area contributed by atoms with Crippen molar-refractivity contribution in [2.24, 2.45) is 5.11 Å². The van der Waals surface area contributed by atoms with Crippen LogP contribution in [0.25, 0.3) is 10.4 Å². The molecule has 0 radical (unpaired) electrons. The van der Waals surface area contributed by atoms with Crippen LogP contribution in [0.15, 0.2) is 5.11 Å². The lowest BCUT2D eigenvalue weighted by Gasteiger charge is -2.20. The largest absolute Gasteiger partial charge is 0.390 e. The fourth-order valence-electron chi connectivity index (χ4n) is 1.02. The summed E-state index contributed by atoms with van der Waals surface area (Å²) in [7, 11) is 0. The second-order valence-corrected chi connectivity index (χ2v) is 3.34. The van der Waals surface area contributed by atoms with Gasteiger partial charge in [0.15, 0.2) is 0 Å². The van der Waals surface area contributed by atoms with Crippen LogP contribution in [0.3, 0.4) is 0 Å². The number of aliphatic hydroxyl groups is 1. The first kappa shape index (κ1) is 11.3. The molecule has 0 spiro atoms. The molecule has 12 heavy (non-hydrogen) atoms. The van der Waals surface area contributed by atoms with Gasteiger partial charge in [-0.25, -0.2) is 0 Å². The van der Waals surface area contributed by atoms with Gasteiger partial charge in [0.1, 0.15) is 0 Å². The van der Waals surface area contributed by atoms with E-state index in [0.717, 1.165) is 19.3 Å². The van der Waals surface area contributed by atoms with Gasteiger partial charge in [-0.2, -0.15) is 0 Å². The minimum atomic E-state index is -0.818. The summed E-state index contributed by atoms with van der Waals surface area (Å²) in [5, 5.41) is 13.0. The monoisotopic (exact) mass is 171 g/mol. The summed E-state index contributed by atoms with van der Waals surface area (Å²) in [4.78, 5) is 2.61. The lowest BCUT2D eigenvalue weighted by molar-refractivity contribution is 0.0574. The normalized spacial score (nSPS) is 14.9. The van der Waals surface area contributed by atoms with Gasteiger partial charge in [-0.1, -0.05) is 31.3 Å². The van der Waals surface area contributed by atoms with Crippen LogP contribution in [0.5, 0.6) is 0 Å². The van der Waals surface area contributed by atoms with E-state index in [1.165, 1.54) is 0 Å². The summed E-state index contributed by atoms with van der Waals surface area (Å²) in [6.07, 6.45) is 3.95. The zero-order valence-corrected chi connectivity index (χ0v) is 7.82. The molecule has 4 heteroatoms. The second kappa shape index (κ2) is 5.86. The Morgan fingerprint density at radius 2 is 2.17 bits per heavy atom. The third-order valence-electron chi connectivity index (χ3n) is 1.79. The Labute approximate surface area is 73.2 Å². The maximum absolute atomic E-state index is 9.61. The molecule has 0 aliphatic heterocycles. The third-order valence-corrected chi connectivity index (χ3v) is 1.79. The van der Waals surface area contributed by atoms with Crippen molar-refractivity contribution >= 4 is 0 Å². The standard InChI is InChI=1S/C8H17N3O/c1-3-4-5-6-8(2,12)7-10-11-9/h12H,3-7H2,1-2H3/t8-/m0/s1. The first-order chi connectivity index (χ1) is 5.62. The number of hydrogen-bond acceptors (Lipinski definition) is 2. The van der Waals surface area contributed by atoms with Crippen molar-refractivity contribution < 1.29 is 5.11 Å². The lowest BCUT2D eigenvalue weighted by Crippen LogP contribution is -2.27. The Balaban J connectivity index is 3.62. The molecule has 0 heterocycles. The molecular weight excluding hydrogens is 154 g/mol. The number of unbranched alkanes of at least 4 members (excludes halogenated alkanes) is 2. The Morgan fingerprint density at radius 3 is 2.67 bits per heavy atom. The van der Waals surface area contributed by atoms with Gasteiger partial charge in [-0.05, 0) is 18.9 Å². The van der Waals surface area contributed by atoms with Gasteiger partial charge in [-0.3, -0.25) is 0 Å². The molecule has 0 amide bonds. The van der Waals surface area contributed by atoms with Crippen LogP contribution >= 0.6 is 0 Å². The number of rotatable bonds is 6. The van der Waals surface area contributed by atoms with Crippen molar-refractivity contribution in [3.63, 3.8) is 0 Å². The molecule has 0 aromatic rings. The van der Waals surface area contributed by atoms with Gasteiger partial charge in [0.2, 0.25) is 0 Å². The molecule has 0 aliphatic rings. The van der Waals surface area contributed by atoms with Crippen molar-refractivity contribution in [1.82, 2.24) is 0 Å². The van der Waals surface area contributed by atoms with E-state index >= 15 is 0 Å². The summed E-state index contributed by atoms with van der Waals surface area (Å²) < 4.78 is 0. The van der Waals surface area contributed by atoms with E-state index in [9.17, 15) is 5.11 Å². The van der Waals surface area contributed by atoms with E-state index in [1.807, 2.05) is 0 Å². The average molecular weight is 171 g/mol. The summed E-state index contributed by atoms with van der Waals surface area (Å²) in [6.45, 7) is 3.99. The fourth-order valence-corrected chi connectivity index (χ4v) is 1.02. The topological polar surface area (TPSA) is 69.0 Å². The van der Waals surface area contributed by atoms with E-state index in [-0.39, 0.29) is 6.54 Å². The van der Waals surface area contributed by atoms with Crippen LogP contribution in [0.1, 0.15) is 39.5 Å². The quantitative estimate of drug-likeness (QED) is 0.284. The lowest BCUT2D eigenvalue weighted by atomic mass is 9.99. The molecule has 0 aromatic heterocycles. The van der Waals surface area contributed by atoms with E-state index in [0.29, 0.717) is 6.42 Å². The molecule has 0 aromatic carbocycles. The van der Waals surface area contributed by atoms with Gasteiger partial charge in [0.25, 0.3) is 0 Å². The van der Waals surface area contributed by atoms with Gasteiger partial charge < -0.3 is 5.11 Å². The summed E-state index contributed by atoms with van der Waals surface area (Å²) in [5.41, 5.74) is 7.23. The highest BCUT2D eigenvalue weighted by Crippen LogP contribution is 2.14. The first-order valence-corrected chi connectivity index (χ1v) is 4.35. The molecule has 70 valence electrons. The molecule has 0 bridgehead atoms. The number of nitrogens with zero attached hydrogens (tertiary/aromatic N) is 3. The average Bonchev–Trinajstić information content (AvgIpc) is 2.01. The third kappa shape index (κ3) is 6.01. The van der Waals surface area contributed by atoms with Crippen molar-refractivity contribution in [3.05, 3.63) is 10.4 Å². The van der Waals surface area contributed by atoms with Crippen LogP contribution in [-0.4, -0.2) is 17.3 Å². The van der Waals surface area contributed by atoms with Crippen LogP contribution in [-0.2, 0) is 0 Å². The number of hydrogen-bond donors (Lipinski definition) is 1. The maximum Gasteiger partial charge on any atom is 0.0676 e. The van der Waals surface area contributed by atoms with E-state index in [4.69, 9.17) is 5.53 Å². The number of azide groups is 1. The van der Waals surface area contributed by atoms with Crippen molar-refractivity contribution in [3.8, 4) is 0 Å². The summed E-state index contributed by atoms with van der Waals surface area (Å²) in [5.74, 6) is 0. The van der Waals surface area contributed by atoms with Crippen LogP contribution < -0.4 is 0 Å². The van der Waals surface area contributed by atoms with Crippen LogP contribution in [0, 0.1) is 0 Å². The Kier molecular flexibility index (Phi) is 5.51. The molecule has 0 aliphatic carbocycles. The van der Waals surface area contributed by atoms with Crippen molar-refractivity contribution in [2.45, 2.75) is 45.1 Å². The molecule has 1 N–H and O–H groups in total. The highest BCUT2D eigenvalue weighted by molar-refractivity contribution is 4.75. The van der Waals surface area contributed by atoms with Crippen molar-refractivity contribution in [2.75, 3.05) is 6.54 Å². The predicted octanol–water partition coefficient (Wildman–Crippen LogP) is 2.63. The predicted molar refractivity (Wildman–Crippen MR) is 48.8 cm³/mol. The van der Waals surface area contributed by atoms with Crippen LogP contribution in [0.2, 0.25) is 0 Å². The van der Waals surface area contributed by atoms with Gasteiger partial charge in [-0.15, -0.1) is 0 Å². The highest BCUT2D eigenvalue weighted by atomic mass is 16.3. The minimum Gasteiger partial charge on any atom is -0.390 e. The van der Waals surface area contributed by atoms with Crippen molar-refractivity contribution in [1.29, 1.82) is 0 Å². The second-order valence-electron chi connectivity index (χ2n) is 3.34. The Bertz CT molecular complexity index is 162. The Morgan fingerprint density at radius 1 is 1.50 bits per heavy atom. The molecule has 0 unspecified atom stereocenters. The van der Waals surface area contributed by atoms with Gasteiger partial charge >= 0.3 is 0 Å². The molecular formula is C8H17N3O. The first-order valence-electron chi connectivity index (χ1n) is 4.35. The zero-order valence-electron chi connectivity index (χ0n) is 7.82. The molecule has 4 nitrogen and oxygen atoms in total. The summed E-state index contributed by atoms with van der Waals surface area (Å²) in [6, 6.07) is 0. The zero-order chi connectivity index (χ0) is 9.45. The van der Waals surface area contributed by atoms with Crippen LogP contribution in [0.4, 0.5) is 0 Å². The van der Waals surface area contributed by atoms with E-state index < -0.39 is 5.60 Å². The smallest absolute Gasteiger partial charge is 0.0676 e. The highest BCUT2D eigenvalue weighted by Gasteiger charge is 2.17. The summed E-state index contributed by atoms with van der Waals surface area (Å²) >= 11 is 0. The fraction of sp³-hybridized carbons (Fsp3) is 1.00. The van der Waals surface area contributed by atoms with E-state index in [2.05, 4.69) is 16.9 Å². The molecule has 0 fully saturated rings. The van der Waals surface area contributed by atoms with Gasteiger partial charge in [0, 0.05) is 4.91 Å². The molecule has 0 saturated carbocycles. The maximum atomic E-state index is 9.61. The molecule has 1 atom stereocenters. The van der Waals surface area contributed by atoms with Gasteiger partial charge in [0.05, 0.1) is 12.1 Å². The molecule has 0 rings (SSSR count). The Hall–Kier alpha value is -0.730. The molecule has 0 saturated heterocycles.